The number of benzene rings is 1. The minimum Gasteiger partial charge on any atom is -0.339 e. The summed E-state index contributed by atoms with van der Waals surface area (Å²) in [7, 11) is 0. The second kappa shape index (κ2) is 7.50. The Morgan fingerprint density at radius 1 is 1.23 bits per heavy atom. The van der Waals surface area contributed by atoms with Crippen molar-refractivity contribution in [1.29, 1.82) is 0 Å². The van der Waals surface area contributed by atoms with E-state index in [1.54, 1.807) is 28.1 Å². The standard InChI is InChI=1S/C20H23N3O2S/c1-5-22(6-2)19(24)14-9-10-16-17(12-14)26-18-15(8-7-11-21-18)20(25)23(16)13(3)4/h7-13H,5-6H2,1-4H3. The fourth-order valence-corrected chi connectivity index (χ4v) is 4.16. The third kappa shape index (κ3) is 3.21. The largest absolute Gasteiger partial charge is 0.339 e. The lowest BCUT2D eigenvalue weighted by Crippen LogP contribution is -2.37. The third-order valence-corrected chi connectivity index (χ3v) is 5.53. The van der Waals surface area contributed by atoms with Gasteiger partial charge in [0, 0.05) is 35.8 Å². The van der Waals surface area contributed by atoms with Gasteiger partial charge >= 0.3 is 0 Å². The summed E-state index contributed by atoms with van der Waals surface area (Å²) in [4.78, 5) is 34.6. The molecule has 0 fully saturated rings. The van der Waals surface area contributed by atoms with Crippen LogP contribution in [-0.4, -0.2) is 40.8 Å². The lowest BCUT2D eigenvalue weighted by molar-refractivity contribution is 0.0772. The molecule has 0 radical (unpaired) electrons. The summed E-state index contributed by atoms with van der Waals surface area (Å²) in [6, 6.07) is 9.15. The number of nitrogens with zero attached hydrogens (tertiary/aromatic N) is 3. The lowest BCUT2D eigenvalue weighted by atomic mass is 10.1. The van der Waals surface area contributed by atoms with Crippen molar-refractivity contribution in [3.63, 3.8) is 0 Å². The summed E-state index contributed by atoms with van der Waals surface area (Å²) >= 11 is 1.44. The van der Waals surface area contributed by atoms with Crippen molar-refractivity contribution in [2.75, 3.05) is 18.0 Å². The van der Waals surface area contributed by atoms with Gasteiger partial charge in [0.15, 0.2) is 0 Å². The molecule has 3 rings (SSSR count). The van der Waals surface area contributed by atoms with Crippen molar-refractivity contribution >= 4 is 29.3 Å². The number of anilines is 1. The van der Waals surface area contributed by atoms with Gasteiger partial charge in [0.05, 0.1) is 11.3 Å². The Kier molecular flexibility index (Phi) is 5.32. The first kappa shape index (κ1) is 18.5. The van der Waals surface area contributed by atoms with E-state index >= 15 is 0 Å². The maximum Gasteiger partial charge on any atom is 0.261 e. The molecule has 1 aliphatic rings. The number of pyridine rings is 1. The molecule has 136 valence electrons. The maximum atomic E-state index is 13.1. The zero-order valence-corrected chi connectivity index (χ0v) is 16.3. The van der Waals surface area contributed by atoms with Crippen LogP contribution >= 0.6 is 11.8 Å². The zero-order valence-electron chi connectivity index (χ0n) is 15.5. The molecule has 5 nitrogen and oxygen atoms in total. The highest BCUT2D eigenvalue weighted by Gasteiger charge is 2.30. The van der Waals surface area contributed by atoms with E-state index in [1.807, 2.05) is 45.9 Å². The molecule has 2 amide bonds. The fraction of sp³-hybridized carbons (Fsp3) is 0.350. The van der Waals surface area contributed by atoms with Gasteiger partial charge in [-0.1, -0.05) is 11.8 Å². The topological polar surface area (TPSA) is 53.5 Å². The van der Waals surface area contributed by atoms with Crippen molar-refractivity contribution in [1.82, 2.24) is 9.88 Å². The quantitative estimate of drug-likeness (QED) is 0.815. The van der Waals surface area contributed by atoms with E-state index in [1.165, 1.54) is 11.8 Å². The third-order valence-electron chi connectivity index (χ3n) is 4.46. The number of hydrogen-bond acceptors (Lipinski definition) is 4. The van der Waals surface area contributed by atoms with Crippen LogP contribution in [0.4, 0.5) is 5.69 Å². The maximum absolute atomic E-state index is 13.1. The van der Waals surface area contributed by atoms with Crippen LogP contribution in [0.2, 0.25) is 0 Å². The smallest absolute Gasteiger partial charge is 0.261 e. The molecule has 0 unspecified atom stereocenters. The van der Waals surface area contributed by atoms with Crippen LogP contribution in [-0.2, 0) is 0 Å². The van der Waals surface area contributed by atoms with Gasteiger partial charge in [-0.25, -0.2) is 4.98 Å². The van der Waals surface area contributed by atoms with Crippen LogP contribution in [0.5, 0.6) is 0 Å². The molecule has 0 N–H and O–H groups in total. The number of aromatic nitrogens is 1. The van der Waals surface area contributed by atoms with Crippen LogP contribution in [0.3, 0.4) is 0 Å². The second-order valence-electron chi connectivity index (χ2n) is 6.39. The van der Waals surface area contributed by atoms with E-state index < -0.39 is 0 Å². The molecular weight excluding hydrogens is 346 g/mol. The van der Waals surface area contributed by atoms with Crippen molar-refractivity contribution in [2.45, 2.75) is 43.7 Å². The average Bonchev–Trinajstić information content (AvgIpc) is 2.76. The van der Waals surface area contributed by atoms with Gasteiger partial charge in [-0.2, -0.15) is 0 Å². The molecule has 0 bridgehead atoms. The summed E-state index contributed by atoms with van der Waals surface area (Å²) in [5, 5.41) is 0.675. The molecule has 1 aliphatic heterocycles. The van der Waals surface area contributed by atoms with Crippen LogP contribution in [0.25, 0.3) is 0 Å². The molecular formula is C20H23N3O2S. The Balaban J connectivity index is 2.12. The van der Waals surface area contributed by atoms with Gasteiger partial charge in [0.25, 0.3) is 11.8 Å². The molecule has 1 aromatic carbocycles. The first-order valence-corrected chi connectivity index (χ1v) is 9.69. The molecule has 2 aromatic rings. The van der Waals surface area contributed by atoms with Gasteiger partial charge in [-0.3, -0.25) is 9.59 Å². The predicted octanol–water partition coefficient (Wildman–Crippen LogP) is 4.08. The summed E-state index contributed by atoms with van der Waals surface area (Å²) < 4.78 is 0. The Morgan fingerprint density at radius 2 is 1.96 bits per heavy atom. The molecule has 0 atom stereocenters. The van der Waals surface area contributed by atoms with E-state index in [0.29, 0.717) is 29.2 Å². The highest BCUT2D eigenvalue weighted by Crippen LogP contribution is 2.41. The van der Waals surface area contributed by atoms with Crippen molar-refractivity contribution < 1.29 is 9.59 Å². The highest BCUT2D eigenvalue weighted by molar-refractivity contribution is 7.99. The SMILES string of the molecule is CCN(CC)C(=O)c1ccc2c(c1)Sc1ncccc1C(=O)N2C(C)C. The Bertz CT molecular complexity index is 847. The predicted molar refractivity (Wildman–Crippen MR) is 104 cm³/mol. The molecule has 0 saturated carbocycles. The fourth-order valence-electron chi connectivity index (χ4n) is 3.11. The van der Waals surface area contributed by atoms with Crippen LogP contribution < -0.4 is 4.90 Å². The molecule has 1 aromatic heterocycles. The number of amides is 2. The number of rotatable bonds is 4. The van der Waals surface area contributed by atoms with Crippen LogP contribution in [0.1, 0.15) is 48.4 Å². The molecule has 26 heavy (non-hydrogen) atoms. The molecule has 0 aliphatic carbocycles. The van der Waals surface area contributed by atoms with E-state index in [9.17, 15) is 9.59 Å². The van der Waals surface area contributed by atoms with E-state index in [0.717, 1.165) is 10.6 Å². The van der Waals surface area contributed by atoms with Crippen molar-refractivity contribution in [3.8, 4) is 0 Å². The lowest BCUT2D eigenvalue weighted by Gasteiger charge is -2.27. The summed E-state index contributed by atoms with van der Waals surface area (Å²) in [6.07, 6.45) is 1.69. The number of carbonyl (C=O) groups is 2. The Hall–Kier alpha value is -2.34. The summed E-state index contributed by atoms with van der Waals surface area (Å²) in [5.41, 5.74) is 2.05. The average molecular weight is 369 g/mol. The highest BCUT2D eigenvalue weighted by atomic mass is 32.2. The zero-order chi connectivity index (χ0) is 18.8. The van der Waals surface area contributed by atoms with Crippen LogP contribution in [0.15, 0.2) is 46.5 Å². The van der Waals surface area contributed by atoms with Gasteiger partial charge in [-0.15, -0.1) is 0 Å². The molecule has 0 spiro atoms. The Morgan fingerprint density at radius 3 is 2.62 bits per heavy atom. The van der Waals surface area contributed by atoms with E-state index in [4.69, 9.17) is 0 Å². The second-order valence-corrected chi connectivity index (χ2v) is 7.42. The number of carbonyl (C=O) groups excluding carboxylic acids is 2. The first-order valence-electron chi connectivity index (χ1n) is 8.87. The van der Waals surface area contributed by atoms with Gasteiger partial charge in [0.2, 0.25) is 0 Å². The number of hydrogen-bond donors (Lipinski definition) is 0. The van der Waals surface area contributed by atoms with E-state index in [2.05, 4.69) is 4.98 Å². The first-order chi connectivity index (χ1) is 12.5. The van der Waals surface area contributed by atoms with Gasteiger partial charge in [-0.05, 0) is 58.0 Å². The summed E-state index contributed by atoms with van der Waals surface area (Å²) in [6.45, 7) is 9.25. The summed E-state index contributed by atoms with van der Waals surface area (Å²) in [5.74, 6) is -0.0523. The Labute approximate surface area is 158 Å². The molecule has 0 saturated heterocycles. The minimum atomic E-state index is -0.0582. The van der Waals surface area contributed by atoms with Crippen LogP contribution in [0, 0.1) is 0 Å². The number of fused-ring (bicyclic) bond motifs is 2. The van der Waals surface area contributed by atoms with Gasteiger partial charge in [0.1, 0.15) is 5.03 Å². The van der Waals surface area contributed by atoms with Crippen molar-refractivity contribution in [3.05, 3.63) is 47.7 Å². The molecule has 2 heterocycles. The minimum absolute atomic E-state index is 0.00246. The van der Waals surface area contributed by atoms with E-state index in [-0.39, 0.29) is 17.9 Å². The van der Waals surface area contributed by atoms with Gasteiger partial charge < -0.3 is 9.80 Å². The monoisotopic (exact) mass is 369 g/mol. The van der Waals surface area contributed by atoms with Crippen molar-refractivity contribution in [2.24, 2.45) is 0 Å². The molecule has 6 heteroatoms. The normalized spacial score (nSPS) is 13.3.